The number of carboxylic acids is 1. The first-order valence-corrected chi connectivity index (χ1v) is 9.23. The average molecular weight is 452 g/mol. The number of aromatic amines is 1. The normalized spacial score (nSPS) is 13.9. The zero-order chi connectivity index (χ0) is 22.2. The lowest BCUT2D eigenvalue weighted by molar-refractivity contribution is -0.129. The third-order valence-electron chi connectivity index (χ3n) is 4.00. The number of carbonyl (C=O) groups excluding carboxylic acids is 1. The van der Waals surface area contributed by atoms with Crippen LogP contribution in [0.1, 0.15) is 25.3 Å². The molecule has 2 amide bonds. The largest absolute Gasteiger partial charge is 0.476 e. The second kappa shape index (κ2) is 8.17. The van der Waals surface area contributed by atoms with Crippen molar-refractivity contribution in [3.8, 4) is 11.6 Å². The van der Waals surface area contributed by atoms with Crippen LogP contribution in [0, 0.1) is 0 Å². The van der Waals surface area contributed by atoms with Gasteiger partial charge in [-0.3, -0.25) is 4.79 Å². The van der Waals surface area contributed by atoms with E-state index in [9.17, 15) is 19.5 Å². The van der Waals surface area contributed by atoms with E-state index in [1.165, 1.54) is 18.2 Å². The number of hydrazone groups is 1. The monoisotopic (exact) mass is 451 g/mol. The Kier molecular flexibility index (Phi) is 5.81. The number of carbonyl (C=O) groups is 2. The lowest BCUT2D eigenvalue weighted by atomic mass is 10.1. The average Bonchev–Trinajstić information content (AvgIpc) is 2.65. The molecule has 0 radical (unpaired) electrons. The van der Waals surface area contributed by atoms with Gasteiger partial charge in [-0.15, -0.1) is 5.10 Å². The molecule has 2 heterocycles. The molecule has 1 aromatic carbocycles. The highest BCUT2D eigenvalue weighted by atomic mass is 35.5. The van der Waals surface area contributed by atoms with Gasteiger partial charge in [0.15, 0.2) is 11.5 Å². The fraction of sp³-hybridized carbons (Fsp3) is 0.167. The maximum atomic E-state index is 12.2. The Morgan fingerprint density at radius 2 is 1.87 bits per heavy atom. The van der Waals surface area contributed by atoms with Gasteiger partial charge in [0, 0.05) is 11.6 Å². The van der Waals surface area contributed by atoms with Crippen molar-refractivity contribution in [1.82, 2.24) is 15.5 Å². The van der Waals surface area contributed by atoms with E-state index in [4.69, 9.17) is 27.9 Å². The lowest BCUT2D eigenvalue weighted by Gasteiger charge is -2.24. The van der Waals surface area contributed by atoms with E-state index >= 15 is 0 Å². The number of hydrogen-bond donors (Lipinski definition) is 3. The molecule has 2 aromatic rings. The van der Waals surface area contributed by atoms with Crippen LogP contribution in [0.25, 0.3) is 0 Å². The summed E-state index contributed by atoms with van der Waals surface area (Å²) in [5.41, 5.74) is -0.371. The molecule has 0 saturated heterocycles. The van der Waals surface area contributed by atoms with E-state index in [0.29, 0.717) is 5.56 Å². The van der Waals surface area contributed by atoms with E-state index < -0.39 is 17.7 Å². The minimum Gasteiger partial charge on any atom is -0.476 e. The number of aliphatic carboxylic acids is 1. The smallest absolute Gasteiger partial charge is 0.358 e. The number of hydrogen-bond acceptors (Lipinski definition) is 6. The van der Waals surface area contributed by atoms with E-state index in [1.807, 2.05) is 13.8 Å². The number of carboxylic acid groups (broad SMARTS) is 1. The first-order valence-electron chi connectivity index (χ1n) is 8.47. The summed E-state index contributed by atoms with van der Waals surface area (Å²) in [5.74, 6) is -1.35. The van der Waals surface area contributed by atoms with Crippen LogP contribution in [0.4, 0.5) is 10.5 Å². The molecule has 0 unspecified atom stereocenters. The highest BCUT2D eigenvalue weighted by molar-refractivity contribution is 6.44. The van der Waals surface area contributed by atoms with Gasteiger partial charge in [-0.2, -0.15) is 10.1 Å². The standard InChI is InChI=1S/C18H15Cl2N5O5/c1-7(2)10-6-13(22-23-16(10)26)30-15-11(19)4-9(5-12(15)20)25-18(29)21-8(3)14(24-25)17(27)28/h4-7H,3H2,1-2H3,(H,21,29)(H,23,26)(H,27,28). The maximum absolute atomic E-state index is 12.2. The maximum Gasteiger partial charge on any atom is 0.358 e. The highest BCUT2D eigenvalue weighted by Crippen LogP contribution is 2.40. The van der Waals surface area contributed by atoms with Crippen LogP contribution in [0.5, 0.6) is 11.6 Å². The highest BCUT2D eigenvalue weighted by Gasteiger charge is 2.29. The number of halogens is 2. The molecule has 156 valence electrons. The first-order chi connectivity index (χ1) is 14.1. The SMILES string of the molecule is C=C1NC(=O)N(c2cc(Cl)c(Oc3cc(C(C)C)c(=O)[nH]n3)c(Cl)c2)N=C1C(=O)O. The fourth-order valence-electron chi connectivity index (χ4n) is 2.55. The molecule has 1 aromatic heterocycles. The molecule has 3 N–H and O–H groups in total. The number of rotatable bonds is 5. The van der Waals surface area contributed by atoms with Crippen molar-refractivity contribution in [3.05, 3.63) is 56.4 Å². The lowest BCUT2D eigenvalue weighted by Crippen LogP contribution is -2.45. The third kappa shape index (κ3) is 4.14. The quantitative estimate of drug-likeness (QED) is 0.635. The number of aromatic nitrogens is 2. The second-order valence-corrected chi connectivity index (χ2v) is 7.27. The second-order valence-electron chi connectivity index (χ2n) is 6.46. The van der Waals surface area contributed by atoms with Crippen molar-refractivity contribution in [2.75, 3.05) is 5.01 Å². The van der Waals surface area contributed by atoms with Gasteiger partial charge in [0.2, 0.25) is 5.88 Å². The van der Waals surface area contributed by atoms with Crippen LogP contribution in [-0.4, -0.2) is 33.0 Å². The molecule has 0 saturated carbocycles. The summed E-state index contributed by atoms with van der Waals surface area (Å²) < 4.78 is 5.62. The number of nitrogens with zero attached hydrogens (tertiary/aromatic N) is 3. The number of benzene rings is 1. The molecule has 0 atom stereocenters. The Labute approximate surface area is 179 Å². The van der Waals surface area contributed by atoms with E-state index in [2.05, 4.69) is 27.2 Å². The Balaban J connectivity index is 1.98. The molecule has 12 heteroatoms. The number of nitrogens with one attached hydrogen (secondary N) is 2. The van der Waals surface area contributed by atoms with Crippen molar-refractivity contribution in [3.63, 3.8) is 0 Å². The van der Waals surface area contributed by atoms with E-state index in [-0.39, 0.29) is 44.5 Å². The molecule has 30 heavy (non-hydrogen) atoms. The van der Waals surface area contributed by atoms with Crippen molar-refractivity contribution in [2.24, 2.45) is 5.10 Å². The Hall–Kier alpha value is -3.37. The van der Waals surface area contributed by atoms with Crippen molar-refractivity contribution in [2.45, 2.75) is 19.8 Å². The van der Waals surface area contributed by atoms with E-state index in [1.54, 1.807) is 0 Å². The summed E-state index contributed by atoms with van der Waals surface area (Å²) in [6.45, 7) is 7.12. The van der Waals surface area contributed by atoms with E-state index in [0.717, 1.165) is 5.01 Å². The number of amides is 2. The molecule has 0 bridgehead atoms. The summed E-state index contributed by atoms with van der Waals surface area (Å²) in [4.78, 5) is 35.3. The minimum atomic E-state index is -1.37. The van der Waals surface area contributed by atoms with Gasteiger partial charge in [-0.25, -0.2) is 14.7 Å². The predicted octanol–water partition coefficient (Wildman–Crippen LogP) is 3.48. The predicted molar refractivity (Wildman–Crippen MR) is 111 cm³/mol. The molecule has 1 aliphatic heterocycles. The van der Waals surface area contributed by atoms with Gasteiger partial charge >= 0.3 is 12.0 Å². The van der Waals surface area contributed by atoms with Crippen LogP contribution >= 0.6 is 23.2 Å². The number of ether oxygens (including phenoxy) is 1. The zero-order valence-corrected chi connectivity index (χ0v) is 17.2. The molecule has 1 aliphatic rings. The Morgan fingerprint density at radius 1 is 1.23 bits per heavy atom. The van der Waals surface area contributed by atoms with Crippen LogP contribution in [-0.2, 0) is 4.79 Å². The molecular weight excluding hydrogens is 437 g/mol. The van der Waals surface area contributed by atoms with Crippen LogP contribution in [0.3, 0.4) is 0 Å². The summed E-state index contributed by atoms with van der Waals surface area (Å²) >= 11 is 12.5. The molecule has 0 aliphatic carbocycles. The van der Waals surface area contributed by atoms with Gasteiger partial charge in [-0.1, -0.05) is 43.6 Å². The number of H-pyrrole nitrogens is 1. The molecule has 0 fully saturated rings. The van der Waals surface area contributed by atoms with Gasteiger partial charge in [0.05, 0.1) is 21.4 Å². The summed E-state index contributed by atoms with van der Waals surface area (Å²) in [6.07, 6.45) is 0. The zero-order valence-electron chi connectivity index (χ0n) is 15.7. The summed E-state index contributed by atoms with van der Waals surface area (Å²) in [6, 6.07) is 3.36. The van der Waals surface area contributed by atoms with Crippen LogP contribution in [0.15, 0.2) is 40.4 Å². The number of urea groups is 1. The van der Waals surface area contributed by atoms with Gasteiger partial charge in [-0.05, 0) is 18.1 Å². The van der Waals surface area contributed by atoms with Crippen LogP contribution in [0.2, 0.25) is 10.0 Å². The third-order valence-corrected chi connectivity index (χ3v) is 4.57. The van der Waals surface area contributed by atoms with Crippen molar-refractivity contribution < 1.29 is 19.4 Å². The molecule has 0 spiro atoms. The van der Waals surface area contributed by atoms with Crippen molar-refractivity contribution in [1.29, 1.82) is 0 Å². The van der Waals surface area contributed by atoms with Gasteiger partial charge in [0.1, 0.15) is 0 Å². The molecule has 3 rings (SSSR count). The topological polar surface area (TPSA) is 137 Å². The fourth-order valence-corrected chi connectivity index (χ4v) is 3.10. The molecule has 10 nitrogen and oxygen atoms in total. The molecular formula is C18H15Cl2N5O5. The number of anilines is 1. The summed E-state index contributed by atoms with van der Waals surface area (Å²) in [7, 11) is 0. The Morgan fingerprint density at radius 3 is 2.43 bits per heavy atom. The van der Waals surface area contributed by atoms with Gasteiger partial charge in [0.25, 0.3) is 5.56 Å². The van der Waals surface area contributed by atoms with Crippen molar-refractivity contribution >= 4 is 46.6 Å². The summed E-state index contributed by atoms with van der Waals surface area (Å²) in [5, 5.41) is 22.2. The Bertz CT molecular complexity index is 1130. The first kappa shape index (κ1) is 21.3. The van der Waals surface area contributed by atoms with Gasteiger partial charge < -0.3 is 15.2 Å². The minimum absolute atomic E-state index is 0.000807. The van der Waals surface area contributed by atoms with Crippen LogP contribution < -0.4 is 20.6 Å².